The summed E-state index contributed by atoms with van der Waals surface area (Å²) in [5, 5.41) is 18.9. The summed E-state index contributed by atoms with van der Waals surface area (Å²) in [6, 6.07) is 10.7. The molecule has 7 nitrogen and oxygen atoms in total. The van der Waals surface area contributed by atoms with E-state index in [2.05, 4.69) is 15.7 Å². The standard InChI is InChI=1S/C17H22N4O3/c1-11(2)16(23)19-15-9-14(17(24)18-10-12(3)22)20-21(15)13-7-5-4-6-8-13/h4-9,11-12,22H,10H2,1-3H3,(H,18,24)(H,19,23). The summed E-state index contributed by atoms with van der Waals surface area (Å²) in [5.74, 6) is -0.354. The number of carbonyl (C=O) groups excluding carboxylic acids is 2. The molecular formula is C17H22N4O3. The summed E-state index contributed by atoms with van der Waals surface area (Å²) >= 11 is 0. The van der Waals surface area contributed by atoms with Gasteiger partial charge in [-0.25, -0.2) is 4.68 Å². The van der Waals surface area contributed by atoms with Crippen molar-refractivity contribution in [2.75, 3.05) is 11.9 Å². The number of para-hydroxylation sites is 1. The Balaban J connectivity index is 2.33. The van der Waals surface area contributed by atoms with Crippen LogP contribution in [-0.4, -0.2) is 39.4 Å². The van der Waals surface area contributed by atoms with Crippen LogP contribution in [0.15, 0.2) is 36.4 Å². The maximum absolute atomic E-state index is 12.2. The molecule has 0 aliphatic rings. The Morgan fingerprint density at radius 2 is 1.88 bits per heavy atom. The summed E-state index contributed by atoms with van der Waals surface area (Å²) in [6.07, 6.45) is -0.648. The third-order valence-corrected chi connectivity index (χ3v) is 3.28. The van der Waals surface area contributed by atoms with Crippen molar-refractivity contribution in [2.24, 2.45) is 5.92 Å². The lowest BCUT2D eigenvalue weighted by atomic mass is 10.2. The number of amides is 2. The van der Waals surface area contributed by atoms with Gasteiger partial charge in [0.1, 0.15) is 5.82 Å². The highest BCUT2D eigenvalue weighted by Gasteiger charge is 2.18. The third-order valence-electron chi connectivity index (χ3n) is 3.28. The number of aliphatic hydroxyl groups is 1. The molecule has 2 rings (SSSR count). The average molecular weight is 330 g/mol. The first kappa shape index (κ1) is 17.7. The molecule has 0 bridgehead atoms. The second kappa shape index (κ2) is 7.74. The molecular weight excluding hydrogens is 308 g/mol. The summed E-state index contributed by atoms with van der Waals surface area (Å²) < 4.78 is 1.51. The molecule has 2 aromatic rings. The highest BCUT2D eigenvalue weighted by Crippen LogP contribution is 2.18. The number of benzene rings is 1. The zero-order chi connectivity index (χ0) is 17.7. The highest BCUT2D eigenvalue weighted by molar-refractivity contribution is 5.96. The van der Waals surface area contributed by atoms with Crippen molar-refractivity contribution < 1.29 is 14.7 Å². The van der Waals surface area contributed by atoms with Crippen LogP contribution in [0, 0.1) is 5.92 Å². The molecule has 3 N–H and O–H groups in total. The Morgan fingerprint density at radius 1 is 1.21 bits per heavy atom. The Hall–Kier alpha value is -2.67. The average Bonchev–Trinajstić information content (AvgIpc) is 2.97. The molecule has 0 saturated carbocycles. The van der Waals surface area contributed by atoms with Gasteiger partial charge in [0.2, 0.25) is 5.91 Å². The first-order valence-corrected chi connectivity index (χ1v) is 7.81. The molecule has 1 atom stereocenters. The van der Waals surface area contributed by atoms with Crippen molar-refractivity contribution in [3.8, 4) is 5.69 Å². The molecule has 1 unspecified atom stereocenters. The van der Waals surface area contributed by atoms with Gasteiger partial charge in [0.25, 0.3) is 5.91 Å². The van der Waals surface area contributed by atoms with Gasteiger partial charge in [-0.15, -0.1) is 0 Å². The maximum atomic E-state index is 12.2. The van der Waals surface area contributed by atoms with Crippen LogP contribution in [0.4, 0.5) is 5.82 Å². The Morgan fingerprint density at radius 3 is 2.46 bits per heavy atom. The van der Waals surface area contributed by atoms with E-state index in [0.29, 0.717) is 5.82 Å². The lowest BCUT2D eigenvalue weighted by molar-refractivity contribution is -0.118. The molecule has 128 valence electrons. The van der Waals surface area contributed by atoms with E-state index in [0.717, 1.165) is 5.69 Å². The van der Waals surface area contributed by atoms with Gasteiger partial charge in [0.05, 0.1) is 11.8 Å². The second-order valence-corrected chi connectivity index (χ2v) is 5.87. The summed E-state index contributed by atoms with van der Waals surface area (Å²) in [4.78, 5) is 24.2. The fourth-order valence-electron chi connectivity index (χ4n) is 1.95. The molecule has 1 aromatic carbocycles. The summed E-state index contributed by atoms with van der Waals surface area (Å²) in [6.45, 7) is 5.28. The molecule has 0 spiro atoms. The van der Waals surface area contributed by atoms with Crippen LogP contribution in [0.2, 0.25) is 0 Å². The molecule has 0 aliphatic carbocycles. The first-order valence-electron chi connectivity index (χ1n) is 7.81. The fourth-order valence-corrected chi connectivity index (χ4v) is 1.95. The molecule has 0 saturated heterocycles. The van der Waals surface area contributed by atoms with Crippen molar-refractivity contribution in [2.45, 2.75) is 26.9 Å². The number of anilines is 1. The van der Waals surface area contributed by atoms with Crippen LogP contribution >= 0.6 is 0 Å². The Labute approximate surface area is 140 Å². The highest BCUT2D eigenvalue weighted by atomic mass is 16.3. The number of carbonyl (C=O) groups is 2. The van der Waals surface area contributed by atoms with E-state index >= 15 is 0 Å². The summed E-state index contributed by atoms with van der Waals surface area (Å²) in [5.41, 5.74) is 0.893. The number of hydrogen-bond donors (Lipinski definition) is 3. The zero-order valence-corrected chi connectivity index (χ0v) is 14.0. The van der Waals surface area contributed by atoms with Crippen molar-refractivity contribution in [3.63, 3.8) is 0 Å². The quantitative estimate of drug-likeness (QED) is 0.749. The third kappa shape index (κ3) is 4.42. The van der Waals surface area contributed by atoms with Crippen molar-refractivity contribution in [1.82, 2.24) is 15.1 Å². The summed E-state index contributed by atoms with van der Waals surface area (Å²) in [7, 11) is 0. The molecule has 1 aromatic heterocycles. The molecule has 2 amide bonds. The SMILES string of the molecule is CC(O)CNC(=O)c1cc(NC(=O)C(C)C)n(-c2ccccc2)n1. The number of rotatable bonds is 6. The number of hydrogen-bond acceptors (Lipinski definition) is 4. The monoisotopic (exact) mass is 330 g/mol. The minimum absolute atomic E-state index is 0.130. The van der Waals surface area contributed by atoms with Crippen LogP contribution in [0.25, 0.3) is 5.69 Å². The van der Waals surface area contributed by atoms with Crippen LogP contribution < -0.4 is 10.6 Å². The first-order chi connectivity index (χ1) is 11.4. The predicted molar refractivity (Wildman–Crippen MR) is 91.0 cm³/mol. The van der Waals surface area contributed by atoms with Gasteiger partial charge in [0.15, 0.2) is 5.69 Å². The zero-order valence-electron chi connectivity index (χ0n) is 14.0. The fraction of sp³-hybridized carbons (Fsp3) is 0.353. The van der Waals surface area contributed by atoms with Crippen LogP contribution in [0.1, 0.15) is 31.3 Å². The van der Waals surface area contributed by atoms with Gasteiger partial charge < -0.3 is 15.7 Å². The Kier molecular flexibility index (Phi) is 5.70. The van der Waals surface area contributed by atoms with E-state index in [1.165, 1.54) is 10.7 Å². The lowest BCUT2D eigenvalue weighted by Gasteiger charge is -2.10. The van der Waals surface area contributed by atoms with Gasteiger partial charge in [-0.3, -0.25) is 9.59 Å². The molecule has 0 aliphatic heterocycles. The molecule has 0 radical (unpaired) electrons. The van der Waals surface area contributed by atoms with E-state index in [-0.39, 0.29) is 24.1 Å². The van der Waals surface area contributed by atoms with E-state index < -0.39 is 12.0 Å². The van der Waals surface area contributed by atoms with Crippen molar-refractivity contribution in [3.05, 3.63) is 42.1 Å². The minimum atomic E-state index is -0.648. The predicted octanol–water partition coefficient (Wildman–Crippen LogP) is 1.58. The lowest BCUT2D eigenvalue weighted by Crippen LogP contribution is -2.30. The van der Waals surface area contributed by atoms with E-state index in [1.54, 1.807) is 20.8 Å². The minimum Gasteiger partial charge on any atom is -0.392 e. The number of nitrogens with one attached hydrogen (secondary N) is 2. The molecule has 24 heavy (non-hydrogen) atoms. The normalized spacial score (nSPS) is 12.0. The number of nitrogens with zero attached hydrogens (tertiary/aromatic N) is 2. The number of aliphatic hydroxyl groups excluding tert-OH is 1. The topological polar surface area (TPSA) is 96.3 Å². The van der Waals surface area contributed by atoms with Crippen LogP contribution in [0.5, 0.6) is 0 Å². The Bertz CT molecular complexity index is 708. The number of aromatic nitrogens is 2. The van der Waals surface area contributed by atoms with E-state index in [9.17, 15) is 14.7 Å². The van der Waals surface area contributed by atoms with E-state index in [1.807, 2.05) is 30.3 Å². The van der Waals surface area contributed by atoms with Crippen molar-refractivity contribution in [1.29, 1.82) is 0 Å². The van der Waals surface area contributed by atoms with Gasteiger partial charge >= 0.3 is 0 Å². The van der Waals surface area contributed by atoms with Crippen LogP contribution in [0.3, 0.4) is 0 Å². The molecule has 7 heteroatoms. The van der Waals surface area contributed by atoms with Gasteiger partial charge in [-0.2, -0.15) is 5.10 Å². The van der Waals surface area contributed by atoms with Gasteiger partial charge in [-0.1, -0.05) is 32.0 Å². The van der Waals surface area contributed by atoms with Crippen LogP contribution in [-0.2, 0) is 4.79 Å². The van der Waals surface area contributed by atoms with E-state index in [4.69, 9.17) is 0 Å². The maximum Gasteiger partial charge on any atom is 0.271 e. The molecule has 0 fully saturated rings. The van der Waals surface area contributed by atoms with Gasteiger partial charge in [0, 0.05) is 18.5 Å². The van der Waals surface area contributed by atoms with Crippen molar-refractivity contribution >= 4 is 17.6 Å². The smallest absolute Gasteiger partial charge is 0.271 e. The molecule has 1 heterocycles. The largest absolute Gasteiger partial charge is 0.392 e. The van der Waals surface area contributed by atoms with Gasteiger partial charge in [-0.05, 0) is 19.1 Å². The second-order valence-electron chi connectivity index (χ2n) is 5.87.